The molecule has 0 saturated heterocycles. The molecule has 1 aliphatic carbocycles. The van der Waals surface area contributed by atoms with Gasteiger partial charge in [0.15, 0.2) is 0 Å². The Morgan fingerprint density at radius 3 is 2.63 bits per heavy atom. The topological polar surface area (TPSA) is 61.2 Å². The van der Waals surface area contributed by atoms with Gasteiger partial charge in [-0.3, -0.25) is 0 Å². The van der Waals surface area contributed by atoms with Crippen molar-refractivity contribution in [3.8, 4) is 6.07 Å². The van der Waals surface area contributed by atoms with E-state index in [1.54, 1.807) is 18.2 Å². The molecule has 0 aliphatic heterocycles. The van der Waals surface area contributed by atoms with Crippen LogP contribution in [0, 0.1) is 11.3 Å². The standard InChI is InChI=1S/C12H12Br2N2O2S/c13-9-2-5-11(14)12(8-9)19(17,18)16(7-1-6-15)10-3-4-10/h2,5,8,10H,1,3-4,7H2. The second-order valence-corrected chi connectivity index (χ2v) is 7.96. The molecule has 1 aromatic rings. The molecule has 0 atom stereocenters. The Morgan fingerprint density at radius 1 is 1.37 bits per heavy atom. The molecule has 0 bridgehead atoms. The zero-order chi connectivity index (χ0) is 14.0. The van der Waals surface area contributed by atoms with Gasteiger partial charge in [0.1, 0.15) is 0 Å². The van der Waals surface area contributed by atoms with Crippen molar-refractivity contribution in [2.24, 2.45) is 0 Å². The average Bonchev–Trinajstić information content (AvgIpc) is 3.17. The Morgan fingerprint density at radius 2 is 2.05 bits per heavy atom. The molecule has 1 aliphatic rings. The zero-order valence-electron chi connectivity index (χ0n) is 10.0. The average molecular weight is 408 g/mol. The summed E-state index contributed by atoms with van der Waals surface area (Å²) in [6.07, 6.45) is 1.95. The number of nitriles is 1. The van der Waals surface area contributed by atoms with Gasteiger partial charge in [0, 0.05) is 28.0 Å². The van der Waals surface area contributed by atoms with Gasteiger partial charge in [0.25, 0.3) is 0 Å². The molecule has 2 rings (SSSR count). The molecule has 0 radical (unpaired) electrons. The van der Waals surface area contributed by atoms with E-state index < -0.39 is 10.0 Å². The highest BCUT2D eigenvalue weighted by atomic mass is 79.9. The minimum absolute atomic E-state index is 0.0456. The Kier molecular flexibility index (Phi) is 4.66. The van der Waals surface area contributed by atoms with E-state index >= 15 is 0 Å². The monoisotopic (exact) mass is 406 g/mol. The van der Waals surface area contributed by atoms with Crippen molar-refractivity contribution in [2.75, 3.05) is 6.54 Å². The SMILES string of the molecule is N#CCCN(C1CC1)S(=O)(=O)c1cc(Br)ccc1Br. The fourth-order valence-corrected chi connectivity index (χ4v) is 4.97. The minimum atomic E-state index is -3.56. The summed E-state index contributed by atoms with van der Waals surface area (Å²) in [7, 11) is -3.56. The molecule has 0 aromatic heterocycles. The lowest BCUT2D eigenvalue weighted by atomic mass is 10.4. The number of hydrogen-bond acceptors (Lipinski definition) is 3. The van der Waals surface area contributed by atoms with Crippen molar-refractivity contribution in [2.45, 2.75) is 30.2 Å². The van der Waals surface area contributed by atoms with Gasteiger partial charge >= 0.3 is 0 Å². The van der Waals surface area contributed by atoms with Gasteiger partial charge < -0.3 is 0 Å². The van der Waals surface area contributed by atoms with E-state index in [2.05, 4.69) is 31.9 Å². The lowest BCUT2D eigenvalue weighted by molar-refractivity contribution is 0.410. The van der Waals surface area contributed by atoms with Crippen LogP contribution in [0.2, 0.25) is 0 Å². The smallest absolute Gasteiger partial charge is 0.207 e. The van der Waals surface area contributed by atoms with Gasteiger partial charge in [0.05, 0.1) is 11.0 Å². The molecule has 1 fully saturated rings. The summed E-state index contributed by atoms with van der Waals surface area (Å²) in [5.41, 5.74) is 0. The fourth-order valence-electron chi connectivity index (χ4n) is 1.82. The van der Waals surface area contributed by atoms with Gasteiger partial charge in [-0.15, -0.1) is 0 Å². The largest absolute Gasteiger partial charge is 0.244 e. The van der Waals surface area contributed by atoms with E-state index in [1.165, 1.54) is 4.31 Å². The first kappa shape index (κ1) is 15.0. The summed E-state index contributed by atoms with van der Waals surface area (Å²) >= 11 is 6.57. The van der Waals surface area contributed by atoms with Crippen molar-refractivity contribution in [1.29, 1.82) is 5.26 Å². The third-order valence-electron chi connectivity index (χ3n) is 2.88. The van der Waals surface area contributed by atoms with Gasteiger partial charge in [-0.2, -0.15) is 9.57 Å². The number of rotatable bonds is 5. The third-order valence-corrected chi connectivity index (χ3v) is 6.32. The van der Waals surface area contributed by atoms with Crippen molar-refractivity contribution in [3.63, 3.8) is 0 Å². The van der Waals surface area contributed by atoms with Crippen molar-refractivity contribution in [3.05, 3.63) is 27.1 Å². The molecule has 19 heavy (non-hydrogen) atoms. The van der Waals surface area contributed by atoms with E-state index in [0.29, 0.717) is 8.95 Å². The van der Waals surface area contributed by atoms with E-state index in [-0.39, 0.29) is 23.9 Å². The van der Waals surface area contributed by atoms with E-state index in [4.69, 9.17) is 5.26 Å². The van der Waals surface area contributed by atoms with Crippen LogP contribution in [0.5, 0.6) is 0 Å². The van der Waals surface area contributed by atoms with Crippen molar-refractivity contribution >= 4 is 41.9 Å². The van der Waals surface area contributed by atoms with Crippen LogP contribution in [-0.4, -0.2) is 25.3 Å². The number of hydrogen-bond donors (Lipinski definition) is 0. The normalized spacial score (nSPS) is 15.5. The molecule has 4 nitrogen and oxygen atoms in total. The summed E-state index contributed by atoms with van der Waals surface area (Å²) in [6, 6.07) is 7.11. The summed E-state index contributed by atoms with van der Waals surface area (Å²) in [5.74, 6) is 0. The predicted octanol–water partition coefficient (Wildman–Crippen LogP) is 3.28. The molecule has 0 unspecified atom stereocenters. The number of halogens is 2. The maximum absolute atomic E-state index is 12.7. The fraction of sp³-hybridized carbons (Fsp3) is 0.417. The van der Waals surface area contributed by atoms with Crippen LogP contribution < -0.4 is 0 Å². The molecular weight excluding hydrogens is 396 g/mol. The van der Waals surface area contributed by atoms with E-state index in [0.717, 1.165) is 12.8 Å². The molecule has 102 valence electrons. The van der Waals surface area contributed by atoms with E-state index in [1.807, 2.05) is 6.07 Å². The highest BCUT2D eigenvalue weighted by molar-refractivity contribution is 9.11. The number of sulfonamides is 1. The maximum atomic E-state index is 12.7. The second kappa shape index (κ2) is 5.92. The minimum Gasteiger partial charge on any atom is -0.207 e. The molecule has 1 aromatic carbocycles. The Bertz CT molecular complexity index is 621. The number of nitrogens with zero attached hydrogens (tertiary/aromatic N) is 2. The second-order valence-electron chi connectivity index (χ2n) is 4.33. The van der Waals surface area contributed by atoms with Crippen molar-refractivity contribution in [1.82, 2.24) is 4.31 Å². The summed E-state index contributed by atoms with van der Waals surface area (Å²) in [5, 5.41) is 8.66. The van der Waals surface area contributed by atoms with Crippen LogP contribution >= 0.6 is 31.9 Å². The Labute approximate surface area is 129 Å². The molecule has 1 saturated carbocycles. The Hall–Kier alpha value is -0.420. The molecule has 7 heteroatoms. The Balaban J connectivity index is 2.39. The van der Waals surface area contributed by atoms with Crippen LogP contribution in [0.15, 0.2) is 32.0 Å². The molecule has 0 heterocycles. The van der Waals surface area contributed by atoms with Gasteiger partial charge in [-0.05, 0) is 47.0 Å². The highest BCUT2D eigenvalue weighted by Gasteiger charge is 2.38. The number of benzene rings is 1. The lowest BCUT2D eigenvalue weighted by Gasteiger charge is -2.21. The van der Waals surface area contributed by atoms with Gasteiger partial charge in [0.2, 0.25) is 10.0 Å². The summed E-state index contributed by atoms with van der Waals surface area (Å²) in [4.78, 5) is 0.242. The molecule has 0 amide bonds. The third kappa shape index (κ3) is 3.37. The van der Waals surface area contributed by atoms with Crippen LogP contribution in [0.25, 0.3) is 0 Å². The van der Waals surface area contributed by atoms with E-state index in [9.17, 15) is 8.42 Å². The molecular formula is C12H12Br2N2O2S. The first-order valence-corrected chi connectivity index (χ1v) is 8.83. The van der Waals surface area contributed by atoms with Crippen LogP contribution in [0.4, 0.5) is 0 Å². The van der Waals surface area contributed by atoms with Crippen LogP contribution in [0.3, 0.4) is 0 Å². The quantitative estimate of drug-likeness (QED) is 0.752. The summed E-state index contributed by atoms with van der Waals surface area (Å²) in [6.45, 7) is 0.252. The lowest BCUT2D eigenvalue weighted by Crippen LogP contribution is -2.34. The maximum Gasteiger partial charge on any atom is 0.244 e. The van der Waals surface area contributed by atoms with Gasteiger partial charge in [-0.1, -0.05) is 15.9 Å². The highest BCUT2D eigenvalue weighted by Crippen LogP contribution is 2.35. The van der Waals surface area contributed by atoms with Crippen LogP contribution in [-0.2, 0) is 10.0 Å². The first-order valence-electron chi connectivity index (χ1n) is 5.80. The predicted molar refractivity (Wildman–Crippen MR) is 79.0 cm³/mol. The summed E-state index contributed by atoms with van der Waals surface area (Å²) < 4.78 is 28.0. The van der Waals surface area contributed by atoms with Crippen molar-refractivity contribution < 1.29 is 8.42 Å². The molecule has 0 spiro atoms. The first-order chi connectivity index (χ1) is 8.96. The van der Waals surface area contributed by atoms with Gasteiger partial charge in [-0.25, -0.2) is 8.42 Å². The zero-order valence-corrected chi connectivity index (χ0v) is 14.0. The van der Waals surface area contributed by atoms with Crippen LogP contribution in [0.1, 0.15) is 19.3 Å². The molecule has 0 N–H and O–H groups in total.